The van der Waals surface area contributed by atoms with Crippen LogP contribution in [-0.2, 0) is 13.1 Å². The third-order valence-electron chi connectivity index (χ3n) is 2.59. The molecule has 1 aromatic carbocycles. The Bertz CT molecular complexity index is 522. The van der Waals surface area contributed by atoms with E-state index in [1.807, 2.05) is 37.4 Å². The summed E-state index contributed by atoms with van der Waals surface area (Å²) in [4.78, 5) is 11.8. The number of aryl methyl sites for hydroxylation is 1. The van der Waals surface area contributed by atoms with E-state index in [1.54, 1.807) is 15.3 Å². The molecule has 16 heavy (non-hydrogen) atoms. The SMILES string of the molecule is CCn1ccn(Cc2ccc(N)cc2)c1=O. The lowest BCUT2D eigenvalue weighted by atomic mass is 10.2. The summed E-state index contributed by atoms with van der Waals surface area (Å²) >= 11 is 0. The zero-order valence-electron chi connectivity index (χ0n) is 9.26. The standard InChI is InChI=1S/C12H15N3O/c1-2-14-7-8-15(12(14)16)9-10-3-5-11(13)6-4-10/h3-8H,2,9,13H2,1H3. The van der Waals surface area contributed by atoms with Gasteiger partial charge in [-0.3, -0.25) is 9.13 Å². The summed E-state index contributed by atoms with van der Waals surface area (Å²) in [6.45, 7) is 3.24. The molecule has 0 bridgehead atoms. The molecule has 0 saturated carbocycles. The number of anilines is 1. The van der Waals surface area contributed by atoms with Crippen molar-refractivity contribution in [3.63, 3.8) is 0 Å². The van der Waals surface area contributed by atoms with Crippen LogP contribution in [0.1, 0.15) is 12.5 Å². The fourth-order valence-corrected chi connectivity index (χ4v) is 1.63. The molecule has 0 unspecified atom stereocenters. The number of hydrogen-bond acceptors (Lipinski definition) is 2. The average molecular weight is 217 g/mol. The number of imidazole rings is 1. The van der Waals surface area contributed by atoms with Gasteiger partial charge in [-0.25, -0.2) is 4.79 Å². The Morgan fingerprint density at radius 3 is 2.31 bits per heavy atom. The Morgan fingerprint density at radius 2 is 1.75 bits per heavy atom. The van der Waals surface area contributed by atoms with Gasteiger partial charge >= 0.3 is 5.69 Å². The molecular formula is C12H15N3O. The van der Waals surface area contributed by atoms with Crippen LogP contribution >= 0.6 is 0 Å². The van der Waals surface area contributed by atoms with E-state index in [-0.39, 0.29) is 5.69 Å². The Hall–Kier alpha value is -1.97. The van der Waals surface area contributed by atoms with Crippen molar-refractivity contribution in [2.45, 2.75) is 20.0 Å². The van der Waals surface area contributed by atoms with Crippen LogP contribution in [-0.4, -0.2) is 9.13 Å². The molecule has 0 spiro atoms. The first-order valence-electron chi connectivity index (χ1n) is 5.30. The van der Waals surface area contributed by atoms with E-state index in [4.69, 9.17) is 5.73 Å². The molecule has 84 valence electrons. The highest BCUT2D eigenvalue weighted by atomic mass is 16.1. The predicted octanol–water partition coefficient (Wildman–Crippen LogP) is 1.30. The van der Waals surface area contributed by atoms with Gasteiger partial charge in [0.1, 0.15) is 0 Å². The first-order chi connectivity index (χ1) is 7.70. The lowest BCUT2D eigenvalue weighted by Crippen LogP contribution is -2.23. The molecular weight excluding hydrogens is 202 g/mol. The summed E-state index contributed by atoms with van der Waals surface area (Å²) < 4.78 is 3.37. The number of aromatic nitrogens is 2. The van der Waals surface area contributed by atoms with Crippen LogP contribution in [0.15, 0.2) is 41.5 Å². The van der Waals surface area contributed by atoms with Crippen molar-refractivity contribution in [2.24, 2.45) is 0 Å². The number of rotatable bonds is 3. The van der Waals surface area contributed by atoms with Crippen LogP contribution in [0.2, 0.25) is 0 Å². The fourth-order valence-electron chi connectivity index (χ4n) is 1.63. The molecule has 2 aromatic rings. The van der Waals surface area contributed by atoms with Gasteiger partial charge in [0.15, 0.2) is 0 Å². The van der Waals surface area contributed by atoms with E-state index in [0.29, 0.717) is 13.1 Å². The van der Waals surface area contributed by atoms with Crippen LogP contribution in [0.5, 0.6) is 0 Å². The molecule has 0 radical (unpaired) electrons. The van der Waals surface area contributed by atoms with E-state index in [9.17, 15) is 4.79 Å². The summed E-state index contributed by atoms with van der Waals surface area (Å²) in [6.07, 6.45) is 3.61. The van der Waals surface area contributed by atoms with Crippen LogP contribution in [0.4, 0.5) is 5.69 Å². The Kier molecular flexibility index (Phi) is 2.81. The van der Waals surface area contributed by atoms with Gasteiger partial charge in [-0.15, -0.1) is 0 Å². The topological polar surface area (TPSA) is 52.9 Å². The minimum Gasteiger partial charge on any atom is -0.399 e. The molecule has 0 aliphatic heterocycles. The van der Waals surface area contributed by atoms with E-state index >= 15 is 0 Å². The second-order valence-electron chi connectivity index (χ2n) is 3.74. The molecule has 1 aromatic heterocycles. The van der Waals surface area contributed by atoms with Gasteiger partial charge < -0.3 is 5.73 Å². The minimum atomic E-state index is 0.0272. The van der Waals surface area contributed by atoms with Crippen molar-refractivity contribution in [3.8, 4) is 0 Å². The van der Waals surface area contributed by atoms with Gasteiger partial charge in [-0.05, 0) is 24.6 Å². The predicted molar refractivity (Wildman–Crippen MR) is 64.3 cm³/mol. The summed E-state index contributed by atoms with van der Waals surface area (Å²) in [5, 5.41) is 0. The monoisotopic (exact) mass is 217 g/mol. The molecule has 0 aliphatic rings. The first kappa shape index (κ1) is 10.5. The van der Waals surface area contributed by atoms with Gasteiger partial charge in [0.05, 0.1) is 6.54 Å². The maximum atomic E-state index is 11.8. The van der Waals surface area contributed by atoms with E-state index in [2.05, 4.69) is 0 Å². The van der Waals surface area contributed by atoms with Crippen molar-refractivity contribution in [1.82, 2.24) is 9.13 Å². The number of hydrogen-bond donors (Lipinski definition) is 1. The minimum absolute atomic E-state index is 0.0272. The Balaban J connectivity index is 2.24. The smallest absolute Gasteiger partial charge is 0.328 e. The highest BCUT2D eigenvalue weighted by Crippen LogP contribution is 2.06. The average Bonchev–Trinajstić information content (AvgIpc) is 2.63. The van der Waals surface area contributed by atoms with Crippen LogP contribution in [0.3, 0.4) is 0 Å². The Morgan fingerprint density at radius 1 is 1.12 bits per heavy atom. The Labute approximate surface area is 93.9 Å². The first-order valence-corrected chi connectivity index (χ1v) is 5.30. The number of nitrogen functional groups attached to an aromatic ring is 1. The van der Waals surface area contributed by atoms with Gasteiger partial charge in [-0.1, -0.05) is 12.1 Å². The van der Waals surface area contributed by atoms with Crippen LogP contribution in [0, 0.1) is 0 Å². The molecule has 2 rings (SSSR count). The van der Waals surface area contributed by atoms with E-state index in [0.717, 1.165) is 11.3 Å². The maximum absolute atomic E-state index is 11.8. The summed E-state index contributed by atoms with van der Waals surface area (Å²) in [7, 11) is 0. The molecule has 2 N–H and O–H groups in total. The van der Waals surface area contributed by atoms with Crippen molar-refractivity contribution >= 4 is 5.69 Å². The molecule has 4 nitrogen and oxygen atoms in total. The lowest BCUT2D eigenvalue weighted by Gasteiger charge is -2.02. The third kappa shape index (κ3) is 2.00. The zero-order valence-corrected chi connectivity index (χ0v) is 9.26. The number of nitrogens with zero attached hydrogens (tertiary/aromatic N) is 2. The van der Waals surface area contributed by atoms with E-state index < -0.39 is 0 Å². The summed E-state index contributed by atoms with van der Waals surface area (Å²) in [5.41, 5.74) is 7.44. The quantitative estimate of drug-likeness (QED) is 0.788. The van der Waals surface area contributed by atoms with Crippen molar-refractivity contribution in [2.75, 3.05) is 5.73 Å². The number of nitrogens with two attached hydrogens (primary N) is 1. The van der Waals surface area contributed by atoms with Gasteiger partial charge in [0.2, 0.25) is 0 Å². The third-order valence-corrected chi connectivity index (χ3v) is 2.59. The number of benzene rings is 1. The van der Waals surface area contributed by atoms with E-state index in [1.165, 1.54) is 0 Å². The van der Waals surface area contributed by atoms with Crippen LogP contribution < -0.4 is 11.4 Å². The molecule has 0 amide bonds. The summed E-state index contributed by atoms with van der Waals surface area (Å²) in [6, 6.07) is 7.56. The van der Waals surface area contributed by atoms with Gasteiger partial charge in [0, 0.05) is 24.6 Å². The van der Waals surface area contributed by atoms with Crippen molar-refractivity contribution < 1.29 is 0 Å². The highest BCUT2D eigenvalue weighted by molar-refractivity contribution is 5.39. The van der Waals surface area contributed by atoms with Gasteiger partial charge in [-0.2, -0.15) is 0 Å². The zero-order chi connectivity index (χ0) is 11.5. The molecule has 0 fully saturated rings. The largest absolute Gasteiger partial charge is 0.399 e. The second-order valence-corrected chi connectivity index (χ2v) is 3.74. The normalized spacial score (nSPS) is 10.6. The summed E-state index contributed by atoms with van der Waals surface area (Å²) in [5.74, 6) is 0. The fraction of sp³-hybridized carbons (Fsp3) is 0.250. The molecule has 0 saturated heterocycles. The second kappa shape index (κ2) is 4.26. The van der Waals surface area contributed by atoms with Crippen molar-refractivity contribution in [1.29, 1.82) is 0 Å². The molecule has 1 heterocycles. The highest BCUT2D eigenvalue weighted by Gasteiger charge is 2.01. The lowest BCUT2D eigenvalue weighted by molar-refractivity contribution is 0.668. The van der Waals surface area contributed by atoms with Crippen molar-refractivity contribution in [3.05, 3.63) is 52.7 Å². The molecule has 0 aliphatic carbocycles. The maximum Gasteiger partial charge on any atom is 0.328 e. The van der Waals surface area contributed by atoms with Gasteiger partial charge in [0.25, 0.3) is 0 Å². The molecule has 4 heteroatoms. The van der Waals surface area contributed by atoms with Crippen LogP contribution in [0.25, 0.3) is 0 Å². The molecule has 0 atom stereocenters.